The molecule has 0 saturated heterocycles. The van der Waals surface area contributed by atoms with Gasteiger partial charge in [0.2, 0.25) is 5.95 Å². The Morgan fingerprint density at radius 2 is 1.88 bits per heavy atom. The molecule has 2 amide bonds. The van der Waals surface area contributed by atoms with Crippen molar-refractivity contribution in [2.24, 2.45) is 0 Å². The van der Waals surface area contributed by atoms with E-state index in [1.54, 1.807) is 35.6 Å². The molecule has 0 radical (unpaired) electrons. The maximum Gasteiger partial charge on any atom is 0.322 e. The van der Waals surface area contributed by atoms with Gasteiger partial charge in [0, 0.05) is 36.1 Å². The standard InChI is InChI=1S/C24H21FN6O/c1-15(18-3-2-4-19(25)10-18)30-23(32)31-14-24(7-8-24)21-20(31)9-16(11-27-21)5-6-17-12-28-22(26)29-13-17/h2-4,9-13,15H,7-8,14H2,1H3,(H,30,32)(H2,26,28,29)/t15-/m0/s1. The van der Waals surface area contributed by atoms with Crippen LogP contribution in [0, 0.1) is 17.7 Å². The van der Waals surface area contributed by atoms with Gasteiger partial charge in [0.25, 0.3) is 0 Å². The van der Waals surface area contributed by atoms with E-state index in [1.165, 1.54) is 12.1 Å². The molecule has 160 valence electrons. The SMILES string of the molecule is C[C@H](NC(=O)N1CC2(CC2)c2ncc(C#Cc3cnc(N)nc3)cc21)c1cccc(F)c1. The van der Waals surface area contributed by atoms with Crippen LogP contribution in [0.4, 0.5) is 20.8 Å². The fraction of sp³-hybridized carbons (Fsp3) is 0.250. The molecule has 1 aliphatic carbocycles. The molecule has 32 heavy (non-hydrogen) atoms. The summed E-state index contributed by atoms with van der Waals surface area (Å²) in [5.41, 5.74) is 9.19. The number of nitrogen functional groups attached to an aromatic ring is 1. The molecule has 3 N–H and O–H groups in total. The Bertz CT molecular complexity index is 1260. The molecule has 1 saturated carbocycles. The second-order valence-electron chi connectivity index (χ2n) is 8.26. The lowest BCUT2D eigenvalue weighted by Crippen LogP contribution is -2.41. The van der Waals surface area contributed by atoms with E-state index >= 15 is 0 Å². The minimum Gasteiger partial charge on any atom is -0.368 e. The van der Waals surface area contributed by atoms with Gasteiger partial charge in [-0.2, -0.15) is 0 Å². The van der Waals surface area contributed by atoms with E-state index in [4.69, 9.17) is 5.73 Å². The Kier molecular flexibility index (Phi) is 4.74. The summed E-state index contributed by atoms with van der Waals surface area (Å²) in [4.78, 5) is 27.4. The van der Waals surface area contributed by atoms with Crippen LogP contribution in [0.5, 0.6) is 0 Å². The normalized spacial score (nSPS) is 16.1. The van der Waals surface area contributed by atoms with Gasteiger partial charge in [-0.05, 0) is 43.5 Å². The van der Waals surface area contributed by atoms with Gasteiger partial charge in [-0.1, -0.05) is 24.0 Å². The number of carbonyl (C=O) groups excluding carboxylic acids is 1. The van der Waals surface area contributed by atoms with Crippen molar-refractivity contribution in [3.8, 4) is 11.8 Å². The topological polar surface area (TPSA) is 97.0 Å². The lowest BCUT2D eigenvalue weighted by Gasteiger charge is -2.22. The number of carbonyl (C=O) groups is 1. The highest BCUT2D eigenvalue weighted by atomic mass is 19.1. The minimum absolute atomic E-state index is 0.0640. The number of anilines is 2. The number of amides is 2. The van der Waals surface area contributed by atoms with Crippen molar-refractivity contribution >= 4 is 17.7 Å². The van der Waals surface area contributed by atoms with Crippen LogP contribution in [0.25, 0.3) is 0 Å². The number of pyridine rings is 1. The summed E-state index contributed by atoms with van der Waals surface area (Å²) in [6.07, 6.45) is 6.86. The zero-order chi connectivity index (χ0) is 22.3. The van der Waals surface area contributed by atoms with Crippen LogP contribution >= 0.6 is 0 Å². The molecule has 8 heteroatoms. The van der Waals surface area contributed by atoms with Gasteiger partial charge in [0.15, 0.2) is 0 Å². The molecule has 3 aromatic rings. The number of hydrogen-bond acceptors (Lipinski definition) is 5. The van der Waals surface area contributed by atoms with E-state index in [0.717, 1.165) is 24.2 Å². The summed E-state index contributed by atoms with van der Waals surface area (Å²) in [7, 11) is 0. The van der Waals surface area contributed by atoms with Crippen molar-refractivity contribution in [1.29, 1.82) is 0 Å². The fourth-order valence-electron chi connectivity index (χ4n) is 3.99. The zero-order valence-electron chi connectivity index (χ0n) is 17.5. The summed E-state index contributed by atoms with van der Waals surface area (Å²) in [6, 6.07) is 7.58. The van der Waals surface area contributed by atoms with Crippen LogP contribution in [0.2, 0.25) is 0 Å². The summed E-state index contributed by atoms with van der Waals surface area (Å²) in [5, 5.41) is 2.98. The average Bonchev–Trinajstić information content (AvgIpc) is 3.49. The van der Waals surface area contributed by atoms with E-state index in [-0.39, 0.29) is 29.3 Å². The lowest BCUT2D eigenvalue weighted by atomic mass is 10.0. The second-order valence-corrected chi connectivity index (χ2v) is 8.26. The zero-order valence-corrected chi connectivity index (χ0v) is 17.5. The van der Waals surface area contributed by atoms with E-state index in [0.29, 0.717) is 23.2 Å². The van der Waals surface area contributed by atoms with E-state index in [9.17, 15) is 9.18 Å². The Balaban J connectivity index is 1.40. The predicted molar refractivity (Wildman–Crippen MR) is 118 cm³/mol. The molecule has 0 bridgehead atoms. The molecule has 1 atom stereocenters. The molecule has 1 spiro atoms. The molecule has 2 aliphatic rings. The number of fused-ring (bicyclic) bond motifs is 2. The quantitative estimate of drug-likeness (QED) is 0.611. The van der Waals surface area contributed by atoms with Crippen LogP contribution < -0.4 is 16.0 Å². The van der Waals surface area contributed by atoms with Crippen molar-refractivity contribution < 1.29 is 9.18 Å². The maximum atomic E-state index is 13.6. The van der Waals surface area contributed by atoms with Crippen LogP contribution in [-0.4, -0.2) is 27.5 Å². The summed E-state index contributed by atoms with van der Waals surface area (Å²) in [5.74, 6) is 5.92. The van der Waals surface area contributed by atoms with E-state index in [1.807, 2.05) is 13.0 Å². The molecule has 7 nitrogen and oxygen atoms in total. The molecule has 2 aromatic heterocycles. The molecule has 1 aromatic carbocycles. The Labute approximate surface area is 184 Å². The molecular weight excluding hydrogens is 407 g/mol. The van der Waals surface area contributed by atoms with E-state index in [2.05, 4.69) is 32.1 Å². The molecule has 1 aliphatic heterocycles. The van der Waals surface area contributed by atoms with Gasteiger partial charge < -0.3 is 11.1 Å². The number of nitrogens with zero attached hydrogens (tertiary/aromatic N) is 4. The Morgan fingerprint density at radius 3 is 2.59 bits per heavy atom. The van der Waals surface area contributed by atoms with Gasteiger partial charge in [-0.3, -0.25) is 9.88 Å². The number of nitrogens with two attached hydrogens (primary N) is 1. The second kappa shape index (κ2) is 7.61. The molecule has 5 rings (SSSR count). The molecule has 0 unspecified atom stereocenters. The van der Waals surface area contributed by atoms with Gasteiger partial charge in [-0.15, -0.1) is 0 Å². The third-order valence-electron chi connectivity index (χ3n) is 5.93. The third kappa shape index (κ3) is 3.73. The predicted octanol–water partition coefficient (Wildman–Crippen LogP) is 3.32. The molecular formula is C24H21FN6O. The van der Waals surface area contributed by atoms with Crippen molar-refractivity contribution in [2.45, 2.75) is 31.2 Å². The number of aromatic nitrogens is 3. The first kappa shape index (κ1) is 19.9. The summed E-state index contributed by atoms with van der Waals surface area (Å²) in [6.45, 7) is 2.42. The number of rotatable bonds is 2. The van der Waals surface area contributed by atoms with Crippen molar-refractivity contribution in [2.75, 3.05) is 17.2 Å². The monoisotopic (exact) mass is 428 g/mol. The van der Waals surface area contributed by atoms with Crippen LogP contribution in [0.3, 0.4) is 0 Å². The van der Waals surface area contributed by atoms with Crippen molar-refractivity contribution in [3.05, 3.63) is 77.1 Å². The van der Waals surface area contributed by atoms with E-state index < -0.39 is 0 Å². The van der Waals surface area contributed by atoms with Gasteiger partial charge >= 0.3 is 6.03 Å². The Hall–Kier alpha value is -3.99. The number of benzene rings is 1. The number of hydrogen-bond donors (Lipinski definition) is 2. The van der Waals surface area contributed by atoms with Gasteiger partial charge in [0.1, 0.15) is 5.82 Å². The highest BCUT2D eigenvalue weighted by Crippen LogP contribution is 2.55. The summed E-state index contributed by atoms with van der Waals surface area (Å²) < 4.78 is 13.6. The van der Waals surface area contributed by atoms with Crippen molar-refractivity contribution in [3.63, 3.8) is 0 Å². The fourth-order valence-corrected chi connectivity index (χ4v) is 3.99. The maximum absolute atomic E-state index is 13.6. The largest absolute Gasteiger partial charge is 0.368 e. The van der Waals surface area contributed by atoms with Gasteiger partial charge in [-0.25, -0.2) is 19.2 Å². The smallest absolute Gasteiger partial charge is 0.322 e. The minimum atomic E-state index is -0.334. The number of nitrogens with one attached hydrogen (secondary N) is 1. The van der Waals surface area contributed by atoms with Crippen LogP contribution in [0.1, 0.15) is 48.2 Å². The average molecular weight is 428 g/mol. The van der Waals surface area contributed by atoms with Gasteiger partial charge in [0.05, 0.1) is 23.0 Å². The van der Waals surface area contributed by atoms with Crippen molar-refractivity contribution in [1.82, 2.24) is 20.3 Å². The highest BCUT2D eigenvalue weighted by molar-refractivity contribution is 5.95. The summed E-state index contributed by atoms with van der Waals surface area (Å²) >= 11 is 0. The highest BCUT2D eigenvalue weighted by Gasteiger charge is 2.54. The molecule has 1 fully saturated rings. The first-order valence-electron chi connectivity index (χ1n) is 10.4. The van der Waals surface area contributed by atoms with Crippen LogP contribution in [0.15, 0.2) is 48.9 Å². The Morgan fingerprint density at radius 1 is 1.16 bits per heavy atom. The molecule has 3 heterocycles. The first-order valence-corrected chi connectivity index (χ1v) is 10.4. The van der Waals surface area contributed by atoms with Crippen LogP contribution in [-0.2, 0) is 5.41 Å². The number of urea groups is 1. The number of halogens is 1. The third-order valence-corrected chi connectivity index (χ3v) is 5.93. The lowest BCUT2D eigenvalue weighted by molar-refractivity contribution is 0.243. The first-order chi connectivity index (χ1) is 15.4.